The normalized spacial score (nSPS) is 18.3. The van der Waals surface area contributed by atoms with E-state index in [9.17, 15) is 15.0 Å². The first-order valence-electron chi connectivity index (χ1n) is 6.35. The molecule has 1 fully saturated rings. The molecule has 4 heteroatoms. The fourth-order valence-electron chi connectivity index (χ4n) is 2.06. The number of carbonyl (C=O) groups is 1. The molecule has 0 radical (unpaired) electrons. The standard InChI is InChI=1S/C14H19NO3/c16-13(11-6-7-11)9-15-8-12(14(17)18)10-4-2-1-3-5-10/h1-5,11-13,15-16H,6-9H2,(H,17,18). The first kappa shape index (κ1) is 13.1. The molecule has 1 aromatic rings. The molecule has 0 bridgehead atoms. The first-order chi connectivity index (χ1) is 8.68. The summed E-state index contributed by atoms with van der Waals surface area (Å²) >= 11 is 0. The van der Waals surface area contributed by atoms with Crippen molar-refractivity contribution >= 4 is 5.97 Å². The molecular weight excluding hydrogens is 230 g/mol. The maximum Gasteiger partial charge on any atom is 0.312 e. The molecule has 0 amide bonds. The molecule has 2 atom stereocenters. The second kappa shape index (κ2) is 5.98. The fourth-order valence-corrected chi connectivity index (χ4v) is 2.06. The number of hydrogen-bond acceptors (Lipinski definition) is 3. The average molecular weight is 249 g/mol. The molecule has 18 heavy (non-hydrogen) atoms. The molecule has 3 N–H and O–H groups in total. The molecule has 0 spiro atoms. The van der Waals surface area contributed by atoms with Crippen molar-refractivity contribution in [3.63, 3.8) is 0 Å². The van der Waals surface area contributed by atoms with Crippen molar-refractivity contribution in [3.8, 4) is 0 Å². The lowest BCUT2D eigenvalue weighted by Crippen LogP contribution is -2.33. The number of benzene rings is 1. The van der Waals surface area contributed by atoms with Gasteiger partial charge in [0.25, 0.3) is 0 Å². The summed E-state index contributed by atoms with van der Waals surface area (Å²) < 4.78 is 0. The van der Waals surface area contributed by atoms with E-state index < -0.39 is 11.9 Å². The van der Waals surface area contributed by atoms with Gasteiger partial charge < -0.3 is 15.5 Å². The van der Waals surface area contributed by atoms with E-state index in [1.165, 1.54) is 0 Å². The summed E-state index contributed by atoms with van der Waals surface area (Å²) in [6.45, 7) is 0.824. The Morgan fingerprint density at radius 3 is 2.50 bits per heavy atom. The summed E-state index contributed by atoms with van der Waals surface area (Å²) in [6, 6.07) is 9.18. The number of aliphatic hydroxyl groups is 1. The monoisotopic (exact) mass is 249 g/mol. The van der Waals surface area contributed by atoms with E-state index >= 15 is 0 Å². The molecule has 1 aliphatic carbocycles. The van der Waals surface area contributed by atoms with Gasteiger partial charge in [-0.15, -0.1) is 0 Å². The van der Waals surface area contributed by atoms with Gasteiger partial charge in [0.1, 0.15) is 0 Å². The van der Waals surface area contributed by atoms with Gasteiger partial charge in [-0.1, -0.05) is 30.3 Å². The maximum atomic E-state index is 11.2. The molecule has 1 saturated carbocycles. The van der Waals surface area contributed by atoms with Crippen LogP contribution < -0.4 is 5.32 Å². The van der Waals surface area contributed by atoms with Crippen LogP contribution in [-0.4, -0.2) is 35.4 Å². The SMILES string of the molecule is O=C(O)C(CNCC(O)C1CC1)c1ccccc1. The van der Waals surface area contributed by atoms with Crippen LogP contribution in [0.3, 0.4) is 0 Å². The second-order valence-corrected chi connectivity index (χ2v) is 4.86. The summed E-state index contributed by atoms with van der Waals surface area (Å²) in [5, 5.41) is 22.0. The Morgan fingerprint density at radius 2 is 1.94 bits per heavy atom. The van der Waals surface area contributed by atoms with Gasteiger partial charge >= 0.3 is 5.97 Å². The van der Waals surface area contributed by atoms with Crippen LogP contribution in [0.2, 0.25) is 0 Å². The lowest BCUT2D eigenvalue weighted by Gasteiger charge is -2.15. The molecule has 0 aromatic heterocycles. The minimum absolute atomic E-state index is 0.338. The zero-order valence-electron chi connectivity index (χ0n) is 10.2. The summed E-state index contributed by atoms with van der Waals surface area (Å²) in [5.74, 6) is -0.982. The van der Waals surface area contributed by atoms with E-state index in [1.807, 2.05) is 30.3 Å². The van der Waals surface area contributed by atoms with Crippen LogP contribution in [-0.2, 0) is 4.79 Å². The van der Waals surface area contributed by atoms with E-state index in [-0.39, 0.29) is 6.10 Å². The molecule has 0 aliphatic heterocycles. The summed E-state index contributed by atoms with van der Waals surface area (Å²) in [6.07, 6.45) is 1.84. The maximum absolute atomic E-state index is 11.2. The van der Waals surface area contributed by atoms with Gasteiger partial charge in [0, 0.05) is 13.1 Å². The topological polar surface area (TPSA) is 69.6 Å². The number of aliphatic hydroxyl groups excluding tert-OH is 1. The quantitative estimate of drug-likeness (QED) is 0.679. The van der Waals surface area contributed by atoms with Crippen molar-refractivity contribution in [2.24, 2.45) is 5.92 Å². The van der Waals surface area contributed by atoms with Crippen molar-refractivity contribution in [3.05, 3.63) is 35.9 Å². The third-order valence-corrected chi connectivity index (χ3v) is 3.37. The van der Waals surface area contributed by atoms with E-state index in [0.717, 1.165) is 18.4 Å². The highest BCUT2D eigenvalue weighted by Gasteiger charge is 2.29. The highest BCUT2D eigenvalue weighted by Crippen LogP contribution is 2.32. The largest absolute Gasteiger partial charge is 0.481 e. The van der Waals surface area contributed by atoms with E-state index in [0.29, 0.717) is 19.0 Å². The van der Waals surface area contributed by atoms with E-state index in [2.05, 4.69) is 5.32 Å². The number of carboxylic acids is 1. The Hall–Kier alpha value is -1.39. The highest BCUT2D eigenvalue weighted by molar-refractivity contribution is 5.76. The number of rotatable bonds is 7. The first-order valence-corrected chi connectivity index (χ1v) is 6.35. The molecule has 4 nitrogen and oxygen atoms in total. The van der Waals surface area contributed by atoms with Crippen molar-refractivity contribution < 1.29 is 15.0 Å². The van der Waals surface area contributed by atoms with Crippen LogP contribution >= 0.6 is 0 Å². The van der Waals surface area contributed by atoms with Gasteiger partial charge in [-0.3, -0.25) is 4.79 Å². The van der Waals surface area contributed by atoms with Crippen LogP contribution in [0.25, 0.3) is 0 Å². The minimum atomic E-state index is -0.838. The van der Waals surface area contributed by atoms with E-state index in [4.69, 9.17) is 0 Å². The zero-order chi connectivity index (χ0) is 13.0. The molecule has 2 rings (SSSR count). The van der Waals surface area contributed by atoms with E-state index in [1.54, 1.807) is 0 Å². The minimum Gasteiger partial charge on any atom is -0.481 e. The zero-order valence-corrected chi connectivity index (χ0v) is 10.2. The smallest absolute Gasteiger partial charge is 0.312 e. The van der Waals surface area contributed by atoms with Gasteiger partial charge in [0.2, 0.25) is 0 Å². The Balaban J connectivity index is 1.85. The third-order valence-electron chi connectivity index (χ3n) is 3.37. The Bertz CT molecular complexity index is 389. The van der Waals surface area contributed by atoms with Crippen molar-refractivity contribution in [1.82, 2.24) is 5.32 Å². The van der Waals surface area contributed by atoms with Crippen LogP contribution in [0.4, 0.5) is 0 Å². The predicted octanol–water partition coefficient (Wildman–Crippen LogP) is 1.22. The van der Waals surface area contributed by atoms with Gasteiger partial charge in [-0.25, -0.2) is 0 Å². The summed E-state index contributed by atoms with van der Waals surface area (Å²) in [4.78, 5) is 11.2. The van der Waals surface area contributed by atoms with Crippen molar-refractivity contribution in [2.45, 2.75) is 24.9 Å². The average Bonchev–Trinajstić information content (AvgIpc) is 3.19. The molecule has 98 valence electrons. The molecule has 2 unspecified atom stereocenters. The number of hydrogen-bond donors (Lipinski definition) is 3. The van der Waals surface area contributed by atoms with Crippen LogP contribution in [0, 0.1) is 5.92 Å². The Labute approximate surface area is 107 Å². The number of nitrogens with one attached hydrogen (secondary N) is 1. The fraction of sp³-hybridized carbons (Fsp3) is 0.500. The number of carboxylic acid groups (broad SMARTS) is 1. The lowest BCUT2D eigenvalue weighted by molar-refractivity contribution is -0.138. The molecule has 0 saturated heterocycles. The van der Waals surface area contributed by atoms with Gasteiger partial charge in [-0.05, 0) is 24.3 Å². The molecule has 0 heterocycles. The number of aliphatic carboxylic acids is 1. The van der Waals surface area contributed by atoms with Crippen LogP contribution in [0.1, 0.15) is 24.3 Å². The van der Waals surface area contributed by atoms with Crippen molar-refractivity contribution in [2.75, 3.05) is 13.1 Å². The molecular formula is C14H19NO3. The van der Waals surface area contributed by atoms with Gasteiger partial charge in [-0.2, -0.15) is 0 Å². The van der Waals surface area contributed by atoms with Crippen LogP contribution in [0.15, 0.2) is 30.3 Å². The molecule has 1 aromatic carbocycles. The predicted molar refractivity (Wildman–Crippen MR) is 68.4 cm³/mol. The lowest BCUT2D eigenvalue weighted by atomic mass is 9.99. The Morgan fingerprint density at radius 1 is 1.28 bits per heavy atom. The second-order valence-electron chi connectivity index (χ2n) is 4.86. The van der Waals surface area contributed by atoms with Crippen LogP contribution in [0.5, 0.6) is 0 Å². The Kier molecular flexibility index (Phi) is 4.33. The summed E-state index contributed by atoms with van der Waals surface area (Å²) in [5.41, 5.74) is 0.790. The molecule has 1 aliphatic rings. The third kappa shape index (κ3) is 3.55. The highest BCUT2D eigenvalue weighted by atomic mass is 16.4. The van der Waals surface area contributed by atoms with Crippen molar-refractivity contribution in [1.29, 1.82) is 0 Å². The van der Waals surface area contributed by atoms with Gasteiger partial charge in [0.05, 0.1) is 12.0 Å². The van der Waals surface area contributed by atoms with Gasteiger partial charge in [0.15, 0.2) is 0 Å². The summed E-state index contributed by atoms with van der Waals surface area (Å²) in [7, 11) is 0.